The van der Waals surface area contributed by atoms with Crippen molar-refractivity contribution in [2.24, 2.45) is 5.92 Å². The molecule has 0 aliphatic heterocycles. The number of carbonyl (C=O) groups excluding carboxylic acids is 1. The molecule has 1 amide bonds. The Hall–Kier alpha value is -5.25. The van der Waals surface area contributed by atoms with Crippen LogP contribution < -0.4 is 10.9 Å². The van der Waals surface area contributed by atoms with Gasteiger partial charge >= 0.3 is 12.1 Å². The van der Waals surface area contributed by atoms with Gasteiger partial charge in [0.15, 0.2) is 0 Å². The van der Waals surface area contributed by atoms with E-state index in [1.807, 2.05) is 0 Å². The average molecular weight is 683 g/mol. The molecule has 0 bridgehead atoms. The van der Waals surface area contributed by atoms with Gasteiger partial charge in [-0.2, -0.15) is 13.2 Å². The van der Waals surface area contributed by atoms with Gasteiger partial charge in [0.2, 0.25) is 5.91 Å². The number of terminal acetylenes is 1. The van der Waals surface area contributed by atoms with E-state index < -0.39 is 59.3 Å². The third kappa shape index (κ3) is 8.62. The molecule has 0 aliphatic rings. The number of rotatable bonds is 12. The second kappa shape index (κ2) is 14.9. The zero-order chi connectivity index (χ0) is 36.2. The van der Waals surface area contributed by atoms with Crippen molar-refractivity contribution in [1.82, 2.24) is 19.4 Å². The second-order valence-corrected chi connectivity index (χ2v) is 12.3. The quantitative estimate of drug-likeness (QED) is 0.127. The molecule has 0 saturated heterocycles. The fourth-order valence-electron chi connectivity index (χ4n) is 5.96. The fourth-order valence-corrected chi connectivity index (χ4v) is 5.96. The SMILES string of the molecule is C#Cc1cc(-c2c(C)cc(F)cc2C)cc([C@H](CC(=O)O)NC(=O)[C@H](CC(C)C)n2cc(CCn3ccnc3)c(C(F)(F)F)cc2=O)c1F. The number of halogens is 5. The summed E-state index contributed by atoms with van der Waals surface area (Å²) in [5.74, 6) is -1.80. The summed E-state index contributed by atoms with van der Waals surface area (Å²) in [6, 6.07) is 2.78. The number of aryl methyl sites for hydroxylation is 4. The fraction of sp³-hybridized carbons (Fsp3) is 0.333. The van der Waals surface area contributed by atoms with Crippen LogP contribution in [0.5, 0.6) is 0 Å². The maximum Gasteiger partial charge on any atom is 0.416 e. The van der Waals surface area contributed by atoms with Gasteiger partial charge in [0.25, 0.3) is 5.56 Å². The molecular weight excluding hydrogens is 647 g/mol. The molecule has 2 N–H and O–H groups in total. The Morgan fingerprint density at radius 3 is 2.31 bits per heavy atom. The molecule has 4 rings (SSSR count). The first-order chi connectivity index (χ1) is 23.0. The van der Waals surface area contributed by atoms with Crippen LogP contribution in [0.3, 0.4) is 0 Å². The lowest BCUT2D eigenvalue weighted by atomic mass is 9.90. The van der Waals surface area contributed by atoms with Crippen LogP contribution in [-0.2, 0) is 28.7 Å². The van der Waals surface area contributed by atoms with Crippen molar-refractivity contribution in [3.8, 4) is 23.5 Å². The van der Waals surface area contributed by atoms with Crippen LogP contribution in [0.2, 0.25) is 0 Å². The summed E-state index contributed by atoms with van der Waals surface area (Å²) in [4.78, 5) is 43.1. The maximum atomic E-state index is 15.9. The molecule has 258 valence electrons. The molecule has 13 heteroatoms. The summed E-state index contributed by atoms with van der Waals surface area (Å²) in [5.41, 5.74) is -1.12. The lowest BCUT2D eigenvalue weighted by molar-refractivity contribution is -0.139. The maximum absolute atomic E-state index is 15.9. The van der Waals surface area contributed by atoms with Gasteiger partial charge in [-0.3, -0.25) is 14.4 Å². The van der Waals surface area contributed by atoms with E-state index in [9.17, 15) is 37.1 Å². The van der Waals surface area contributed by atoms with Gasteiger partial charge < -0.3 is 19.6 Å². The first kappa shape index (κ1) is 36.6. The van der Waals surface area contributed by atoms with Crippen molar-refractivity contribution in [3.05, 3.63) is 111 Å². The zero-order valence-corrected chi connectivity index (χ0v) is 27.2. The van der Waals surface area contributed by atoms with Gasteiger partial charge in [-0.1, -0.05) is 19.8 Å². The second-order valence-electron chi connectivity index (χ2n) is 12.3. The molecule has 49 heavy (non-hydrogen) atoms. The molecule has 4 aromatic rings. The Kier molecular flexibility index (Phi) is 11.1. The summed E-state index contributed by atoms with van der Waals surface area (Å²) in [6.07, 6.45) is 5.23. The van der Waals surface area contributed by atoms with Gasteiger partial charge in [0.05, 0.1) is 29.9 Å². The van der Waals surface area contributed by atoms with E-state index in [-0.39, 0.29) is 42.0 Å². The Bertz CT molecular complexity index is 1940. The Balaban J connectivity index is 1.82. The van der Waals surface area contributed by atoms with Crippen LogP contribution in [-0.4, -0.2) is 31.1 Å². The molecule has 2 aromatic carbocycles. The molecule has 0 fully saturated rings. The Morgan fingerprint density at radius 1 is 1.08 bits per heavy atom. The topological polar surface area (TPSA) is 106 Å². The number of aliphatic carboxylic acids is 1. The smallest absolute Gasteiger partial charge is 0.416 e. The van der Waals surface area contributed by atoms with Gasteiger partial charge in [-0.25, -0.2) is 13.8 Å². The average Bonchev–Trinajstić information content (AvgIpc) is 3.52. The first-order valence-corrected chi connectivity index (χ1v) is 15.4. The van der Waals surface area contributed by atoms with Crippen LogP contribution in [0.4, 0.5) is 22.0 Å². The number of amides is 1. The largest absolute Gasteiger partial charge is 0.481 e. The van der Waals surface area contributed by atoms with E-state index in [0.717, 1.165) is 10.8 Å². The van der Waals surface area contributed by atoms with Gasteiger partial charge in [0, 0.05) is 36.8 Å². The lowest BCUT2D eigenvalue weighted by Crippen LogP contribution is -2.41. The highest BCUT2D eigenvalue weighted by Crippen LogP contribution is 2.35. The van der Waals surface area contributed by atoms with Crippen LogP contribution in [0, 0.1) is 43.7 Å². The minimum absolute atomic E-state index is 0.0239. The van der Waals surface area contributed by atoms with Crippen molar-refractivity contribution in [2.75, 3.05) is 0 Å². The molecule has 0 spiro atoms. The Morgan fingerprint density at radius 2 is 1.76 bits per heavy atom. The first-order valence-electron chi connectivity index (χ1n) is 15.4. The number of alkyl halides is 3. The third-order valence-corrected chi connectivity index (χ3v) is 8.11. The minimum Gasteiger partial charge on any atom is -0.481 e. The van der Waals surface area contributed by atoms with Crippen LogP contribution in [0.15, 0.2) is 60.0 Å². The summed E-state index contributed by atoms with van der Waals surface area (Å²) in [5, 5.41) is 12.3. The number of carboxylic acids is 1. The van der Waals surface area contributed by atoms with Crippen molar-refractivity contribution in [1.29, 1.82) is 0 Å². The monoisotopic (exact) mass is 682 g/mol. The summed E-state index contributed by atoms with van der Waals surface area (Å²) >= 11 is 0. The third-order valence-electron chi connectivity index (χ3n) is 8.11. The number of aromatic nitrogens is 3. The number of hydrogen-bond acceptors (Lipinski definition) is 4. The molecular formula is C36H35F5N4O4. The summed E-state index contributed by atoms with van der Waals surface area (Å²) in [7, 11) is 0. The number of nitrogens with one attached hydrogen (secondary N) is 1. The number of pyridine rings is 1. The van der Waals surface area contributed by atoms with E-state index in [2.05, 4.69) is 16.2 Å². The lowest BCUT2D eigenvalue weighted by Gasteiger charge is -2.27. The van der Waals surface area contributed by atoms with Crippen LogP contribution in [0.1, 0.15) is 72.2 Å². The van der Waals surface area contributed by atoms with E-state index in [1.54, 1.807) is 38.5 Å². The van der Waals surface area contributed by atoms with Crippen molar-refractivity contribution in [3.63, 3.8) is 0 Å². The van der Waals surface area contributed by atoms with Crippen molar-refractivity contribution < 1.29 is 36.6 Å². The molecule has 0 aliphatic carbocycles. The number of hydrogen-bond donors (Lipinski definition) is 2. The number of imidazole rings is 1. The van der Waals surface area contributed by atoms with Crippen molar-refractivity contribution in [2.45, 2.75) is 71.8 Å². The van der Waals surface area contributed by atoms with Crippen LogP contribution in [0.25, 0.3) is 11.1 Å². The normalized spacial score (nSPS) is 12.8. The van der Waals surface area contributed by atoms with Gasteiger partial charge in [0.1, 0.15) is 17.7 Å². The van der Waals surface area contributed by atoms with E-state index >= 15 is 4.39 Å². The number of nitrogens with zero attached hydrogens (tertiary/aromatic N) is 3. The Labute approximate surface area is 279 Å². The number of benzene rings is 2. The summed E-state index contributed by atoms with van der Waals surface area (Å²) < 4.78 is 74.5. The minimum atomic E-state index is -4.86. The zero-order valence-electron chi connectivity index (χ0n) is 27.2. The molecule has 2 atom stereocenters. The molecule has 0 saturated carbocycles. The number of carbonyl (C=O) groups is 2. The molecule has 2 heterocycles. The van der Waals surface area contributed by atoms with Gasteiger partial charge in [-0.05, 0) is 84.7 Å². The number of carboxylic acid groups (broad SMARTS) is 1. The van der Waals surface area contributed by atoms with E-state index in [0.29, 0.717) is 28.3 Å². The standard InChI is InChI=1S/C36H35F5N4O4/c1-6-23-14-25(33-21(4)12-26(37)13-22(33)5)15-27(34(23)38)29(17-32(47)48)43-35(49)30(11-20(2)3)45-18-24(7-9-44-10-8-42-19-44)28(16-31(45)46)36(39,40)41/h1,8,10,12-16,18-20,29-30H,7,9,11,17H2,2-5H3,(H,43,49)(H,47,48)/t29-,30-/m0/s1. The molecule has 0 unspecified atom stereocenters. The predicted octanol–water partition coefficient (Wildman–Crippen LogP) is 6.77. The highest BCUT2D eigenvalue weighted by Gasteiger charge is 2.36. The highest BCUT2D eigenvalue weighted by molar-refractivity contribution is 5.82. The van der Waals surface area contributed by atoms with E-state index in [1.165, 1.54) is 36.8 Å². The molecule has 8 nitrogen and oxygen atoms in total. The molecule has 2 aromatic heterocycles. The van der Waals surface area contributed by atoms with E-state index in [4.69, 9.17) is 6.42 Å². The van der Waals surface area contributed by atoms with Crippen molar-refractivity contribution >= 4 is 11.9 Å². The summed E-state index contributed by atoms with van der Waals surface area (Å²) in [6.45, 7) is 6.85. The van der Waals surface area contributed by atoms with Gasteiger partial charge in [-0.15, -0.1) is 6.42 Å². The van der Waals surface area contributed by atoms with Crippen LogP contribution >= 0.6 is 0 Å². The molecule has 0 radical (unpaired) electrons. The highest BCUT2D eigenvalue weighted by atomic mass is 19.4. The predicted molar refractivity (Wildman–Crippen MR) is 172 cm³/mol.